The van der Waals surface area contributed by atoms with E-state index >= 15 is 0 Å². The van der Waals surface area contributed by atoms with E-state index in [-0.39, 0.29) is 23.7 Å². The zero-order chi connectivity index (χ0) is 12.3. The minimum atomic E-state index is 0.200. The normalized spacial score (nSPS) is 10.5. The maximum absolute atomic E-state index is 5.82. The van der Waals surface area contributed by atoms with Crippen molar-refractivity contribution in [2.75, 3.05) is 7.11 Å². The number of ether oxygens (including phenoxy) is 2. The van der Waals surface area contributed by atoms with Crippen LogP contribution in [0.2, 0.25) is 5.15 Å². The molecule has 0 bridgehead atoms. The van der Waals surface area contributed by atoms with Gasteiger partial charge in [-0.15, -0.1) is 5.10 Å². The molecule has 0 N–H and O–H groups in total. The first-order valence-electron chi connectivity index (χ1n) is 4.73. The van der Waals surface area contributed by atoms with Crippen LogP contribution < -0.4 is 4.74 Å². The summed E-state index contributed by atoms with van der Waals surface area (Å²) in [5.41, 5.74) is 0. The van der Waals surface area contributed by atoms with Crippen LogP contribution in [0.25, 0.3) is 0 Å². The van der Waals surface area contributed by atoms with E-state index in [0.29, 0.717) is 5.82 Å². The third kappa shape index (κ3) is 3.11. The number of aryl methyl sites for hydroxylation is 1. The Labute approximate surface area is 102 Å². The average molecular weight is 256 g/mol. The van der Waals surface area contributed by atoms with Gasteiger partial charge in [0.25, 0.3) is 0 Å². The molecule has 0 amide bonds. The van der Waals surface area contributed by atoms with Gasteiger partial charge in [0.05, 0.1) is 0 Å². The van der Waals surface area contributed by atoms with Crippen molar-refractivity contribution in [2.45, 2.75) is 6.61 Å². The van der Waals surface area contributed by atoms with Crippen molar-refractivity contribution in [2.24, 2.45) is 7.05 Å². The zero-order valence-corrected chi connectivity index (χ0v) is 10.0. The molecule has 2 aromatic heterocycles. The fourth-order valence-corrected chi connectivity index (χ4v) is 1.34. The van der Waals surface area contributed by atoms with Crippen molar-refractivity contribution < 1.29 is 9.47 Å². The second-order valence-corrected chi connectivity index (χ2v) is 3.57. The van der Waals surface area contributed by atoms with E-state index in [4.69, 9.17) is 21.1 Å². The number of rotatable bonds is 4. The molecular formula is C9H10ClN5O2. The Morgan fingerprint density at radius 3 is 2.88 bits per heavy atom. The third-order valence-electron chi connectivity index (χ3n) is 1.77. The quantitative estimate of drug-likeness (QED) is 0.764. The summed E-state index contributed by atoms with van der Waals surface area (Å²) < 4.78 is 11.8. The molecule has 0 atom stereocenters. The third-order valence-corrected chi connectivity index (χ3v) is 1.96. The molecule has 0 unspecified atom stereocenters. The van der Waals surface area contributed by atoms with Gasteiger partial charge in [-0.1, -0.05) is 11.6 Å². The first-order valence-corrected chi connectivity index (χ1v) is 5.11. The predicted molar refractivity (Wildman–Crippen MR) is 58.8 cm³/mol. The number of nitrogens with zero attached hydrogens (tertiary/aromatic N) is 5. The molecule has 0 radical (unpaired) electrons. The molecule has 0 saturated carbocycles. The first kappa shape index (κ1) is 11.7. The Bertz CT molecular complexity index is 516. The highest BCUT2D eigenvalue weighted by Crippen LogP contribution is 2.18. The van der Waals surface area contributed by atoms with Gasteiger partial charge in [-0.3, -0.25) is 4.68 Å². The van der Waals surface area contributed by atoms with Crippen molar-refractivity contribution in [1.29, 1.82) is 0 Å². The Morgan fingerprint density at radius 1 is 1.41 bits per heavy atom. The summed E-state index contributed by atoms with van der Waals surface area (Å²) in [6.07, 6.45) is 1.52. The monoisotopic (exact) mass is 255 g/mol. The predicted octanol–water partition coefficient (Wildman–Crippen LogP) is 1.20. The second-order valence-electron chi connectivity index (χ2n) is 3.18. The van der Waals surface area contributed by atoms with E-state index in [2.05, 4.69) is 20.1 Å². The second kappa shape index (κ2) is 5.07. The summed E-state index contributed by atoms with van der Waals surface area (Å²) >= 11 is 5.82. The SMILES string of the molecule is COCc1nc(Cl)cc(Oc2ncn(C)n2)n1. The molecule has 0 spiro atoms. The molecule has 0 aliphatic rings. The zero-order valence-electron chi connectivity index (χ0n) is 9.29. The average Bonchev–Trinajstić information content (AvgIpc) is 2.63. The van der Waals surface area contributed by atoms with Crippen LogP contribution in [0, 0.1) is 0 Å². The molecule has 0 aromatic carbocycles. The summed E-state index contributed by atoms with van der Waals surface area (Å²) in [4.78, 5) is 12.0. The molecule has 0 fully saturated rings. The fraction of sp³-hybridized carbons (Fsp3) is 0.333. The van der Waals surface area contributed by atoms with Gasteiger partial charge < -0.3 is 9.47 Å². The van der Waals surface area contributed by atoms with Crippen LogP contribution in [-0.4, -0.2) is 31.8 Å². The molecule has 2 rings (SSSR count). The van der Waals surface area contributed by atoms with Gasteiger partial charge in [-0.25, -0.2) is 4.98 Å². The van der Waals surface area contributed by atoms with Crippen LogP contribution in [0.4, 0.5) is 0 Å². The lowest BCUT2D eigenvalue weighted by Gasteiger charge is -2.03. The van der Waals surface area contributed by atoms with Crippen LogP contribution in [0.3, 0.4) is 0 Å². The molecule has 90 valence electrons. The lowest BCUT2D eigenvalue weighted by Crippen LogP contribution is -2.00. The molecule has 7 nitrogen and oxygen atoms in total. The van der Waals surface area contributed by atoms with Gasteiger partial charge in [0.1, 0.15) is 18.1 Å². The summed E-state index contributed by atoms with van der Waals surface area (Å²) in [6, 6.07) is 1.68. The topological polar surface area (TPSA) is 75.0 Å². The van der Waals surface area contributed by atoms with Gasteiger partial charge in [0.15, 0.2) is 5.82 Å². The minimum absolute atomic E-state index is 0.200. The van der Waals surface area contributed by atoms with Crippen LogP contribution in [0.5, 0.6) is 11.9 Å². The Balaban J connectivity index is 2.20. The highest BCUT2D eigenvalue weighted by molar-refractivity contribution is 6.29. The van der Waals surface area contributed by atoms with E-state index in [1.54, 1.807) is 14.2 Å². The fourth-order valence-electron chi connectivity index (χ4n) is 1.15. The van der Waals surface area contributed by atoms with Gasteiger partial charge in [0, 0.05) is 20.2 Å². The molecule has 0 saturated heterocycles. The van der Waals surface area contributed by atoms with E-state index < -0.39 is 0 Å². The van der Waals surface area contributed by atoms with Crippen molar-refractivity contribution in [3.05, 3.63) is 23.4 Å². The highest BCUT2D eigenvalue weighted by Gasteiger charge is 2.07. The van der Waals surface area contributed by atoms with E-state index in [9.17, 15) is 0 Å². The Morgan fingerprint density at radius 2 is 2.24 bits per heavy atom. The number of halogens is 1. The largest absolute Gasteiger partial charge is 0.404 e. The summed E-state index contributed by atoms with van der Waals surface area (Å²) in [6.45, 7) is 0.257. The lowest BCUT2D eigenvalue weighted by atomic mass is 10.5. The Kier molecular flexibility index (Phi) is 3.50. The van der Waals surface area contributed by atoms with Gasteiger partial charge >= 0.3 is 6.01 Å². The first-order chi connectivity index (χ1) is 8.17. The van der Waals surface area contributed by atoms with Crippen LogP contribution in [0.1, 0.15) is 5.82 Å². The van der Waals surface area contributed by atoms with Crippen molar-refractivity contribution in [3.8, 4) is 11.9 Å². The maximum atomic E-state index is 5.82. The highest BCUT2D eigenvalue weighted by atomic mass is 35.5. The molecule has 0 aliphatic carbocycles. The minimum Gasteiger partial charge on any atom is -0.404 e. The number of hydrogen-bond acceptors (Lipinski definition) is 6. The van der Waals surface area contributed by atoms with Gasteiger partial charge in [-0.2, -0.15) is 9.97 Å². The van der Waals surface area contributed by atoms with Crippen molar-refractivity contribution >= 4 is 11.6 Å². The van der Waals surface area contributed by atoms with Crippen molar-refractivity contribution in [3.63, 3.8) is 0 Å². The van der Waals surface area contributed by atoms with Crippen LogP contribution in [-0.2, 0) is 18.4 Å². The maximum Gasteiger partial charge on any atom is 0.342 e. The smallest absolute Gasteiger partial charge is 0.342 e. The lowest BCUT2D eigenvalue weighted by molar-refractivity contribution is 0.177. The van der Waals surface area contributed by atoms with Gasteiger partial charge in [-0.05, 0) is 0 Å². The summed E-state index contributed by atoms with van der Waals surface area (Å²) in [7, 11) is 3.29. The summed E-state index contributed by atoms with van der Waals surface area (Å²) in [5.74, 6) is 0.717. The number of aromatic nitrogens is 5. The summed E-state index contributed by atoms with van der Waals surface area (Å²) in [5, 5.41) is 4.24. The van der Waals surface area contributed by atoms with Crippen molar-refractivity contribution in [1.82, 2.24) is 24.7 Å². The standard InChI is InChI=1S/C9H10ClN5O2/c1-15-5-11-9(14-15)17-8-3-6(10)12-7(13-8)4-16-2/h3,5H,4H2,1-2H3. The van der Waals surface area contributed by atoms with Crippen LogP contribution >= 0.6 is 11.6 Å². The van der Waals surface area contributed by atoms with Crippen LogP contribution in [0.15, 0.2) is 12.4 Å². The molecular weight excluding hydrogens is 246 g/mol. The van der Waals surface area contributed by atoms with E-state index in [1.807, 2.05) is 0 Å². The molecule has 2 heterocycles. The Hall–Kier alpha value is -1.73. The molecule has 17 heavy (non-hydrogen) atoms. The number of methoxy groups -OCH3 is 1. The van der Waals surface area contributed by atoms with E-state index in [0.717, 1.165) is 0 Å². The molecule has 0 aliphatic heterocycles. The molecule has 2 aromatic rings. The van der Waals surface area contributed by atoms with Gasteiger partial charge in [0.2, 0.25) is 5.88 Å². The number of hydrogen-bond donors (Lipinski definition) is 0. The molecule has 8 heteroatoms. The van der Waals surface area contributed by atoms with E-state index in [1.165, 1.54) is 17.1 Å².